The summed E-state index contributed by atoms with van der Waals surface area (Å²) >= 11 is 5.83. The molecule has 0 aromatic heterocycles. The number of benzene rings is 1. The maximum Gasteiger partial charge on any atom is 0.319 e. The minimum Gasteiger partial charge on any atom is -0.480 e. The van der Waals surface area contributed by atoms with E-state index in [0.717, 1.165) is 0 Å². The van der Waals surface area contributed by atoms with Crippen molar-refractivity contribution in [2.45, 2.75) is 18.7 Å². The number of aliphatic carboxylic acids is 1. The van der Waals surface area contributed by atoms with E-state index < -0.39 is 21.6 Å². The van der Waals surface area contributed by atoms with Crippen molar-refractivity contribution in [2.75, 3.05) is 5.75 Å². The summed E-state index contributed by atoms with van der Waals surface area (Å²) < 4.78 is 23.4. The van der Waals surface area contributed by atoms with Gasteiger partial charge < -0.3 is 5.11 Å². The highest BCUT2D eigenvalue weighted by Gasteiger charge is 2.21. The van der Waals surface area contributed by atoms with Crippen LogP contribution in [0.1, 0.15) is 11.1 Å². The third kappa shape index (κ3) is 2.74. The Morgan fingerprint density at radius 3 is 2.38 bits per heavy atom. The van der Waals surface area contributed by atoms with Crippen molar-refractivity contribution in [1.29, 1.82) is 0 Å². The first kappa shape index (κ1) is 13.0. The zero-order valence-corrected chi connectivity index (χ0v) is 10.4. The first-order valence-corrected chi connectivity index (χ1v) is 6.48. The Morgan fingerprint density at radius 2 is 1.88 bits per heavy atom. The smallest absolute Gasteiger partial charge is 0.319 e. The molecule has 0 saturated heterocycles. The standard InChI is InChI=1S/C10H11ClO4S/c1-6-4-9(7(2)3-8(6)11)16(14,15)5-10(12)13/h3-4H,5H2,1-2H3,(H,12,13). The zero-order valence-electron chi connectivity index (χ0n) is 8.82. The second-order valence-corrected chi connectivity index (χ2v) is 5.88. The summed E-state index contributed by atoms with van der Waals surface area (Å²) in [5.41, 5.74) is 1.06. The summed E-state index contributed by atoms with van der Waals surface area (Å²) in [5.74, 6) is -2.28. The minimum absolute atomic E-state index is 0.0248. The van der Waals surface area contributed by atoms with Gasteiger partial charge in [-0.1, -0.05) is 11.6 Å². The zero-order chi connectivity index (χ0) is 12.5. The van der Waals surface area contributed by atoms with Gasteiger partial charge in [0.1, 0.15) is 0 Å². The van der Waals surface area contributed by atoms with Gasteiger partial charge in [0.25, 0.3) is 0 Å². The van der Waals surface area contributed by atoms with Crippen molar-refractivity contribution in [1.82, 2.24) is 0 Å². The van der Waals surface area contributed by atoms with Gasteiger partial charge in [-0.05, 0) is 37.1 Å². The first-order valence-electron chi connectivity index (χ1n) is 4.45. The molecule has 1 N–H and O–H groups in total. The van der Waals surface area contributed by atoms with Gasteiger partial charge in [-0.25, -0.2) is 8.42 Å². The number of carbonyl (C=O) groups is 1. The van der Waals surface area contributed by atoms with E-state index in [1.165, 1.54) is 12.1 Å². The molecule has 1 rings (SSSR count). The highest BCUT2D eigenvalue weighted by atomic mass is 35.5. The summed E-state index contributed by atoms with van der Waals surface area (Å²) in [4.78, 5) is 10.5. The second kappa shape index (κ2) is 4.43. The van der Waals surface area contributed by atoms with Crippen LogP contribution in [0.15, 0.2) is 17.0 Å². The molecule has 0 aliphatic heterocycles. The summed E-state index contributed by atoms with van der Waals surface area (Å²) in [7, 11) is -3.79. The molecule has 0 aliphatic carbocycles. The van der Waals surface area contributed by atoms with Crippen LogP contribution in [-0.4, -0.2) is 25.2 Å². The van der Waals surface area contributed by atoms with E-state index in [0.29, 0.717) is 16.1 Å². The van der Waals surface area contributed by atoms with Gasteiger partial charge >= 0.3 is 5.97 Å². The molecule has 1 aromatic rings. The van der Waals surface area contributed by atoms with Gasteiger partial charge in [-0.3, -0.25) is 4.79 Å². The normalized spacial score (nSPS) is 11.4. The van der Waals surface area contributed by atoms with Crippen molar-refractivity contribution < 1.29 is 18.3 Å². The number of rotatable bonds is 3. The van der Waals surface area contributed by atoms with Crippen LogP contribution in [0.5, 0.6) is 0 Å². The Kier molecular flexibility index (Phi) is 3.60. The van der Waals surface area contributed by atoms with Gasteiger partial charge in [0.2, 0.25) is 0 Å². The average Bonchev–Trinajstić information content (AvgIpc) is 2.08. The molecule has 88 valence electrons. The van der Waals surface area contributed by atoms with Crippen molar-refractivity contribution in [2.24, 2.45) is 0 Å². The molecule has 0 heterocycles. The molecule has 4 nitrogen and oxygen atoms in total. The lowest BCUT2D eigenvalue weighted by Crippen LogP contribution is -2.16. The van der Waals surface area contributed by atoms with Crippen LogP contribution in [0.2, 0.25) is 5.02 Å². The van der Waals surface area contributed by atoms with E-state index in [2.05, 4.69) is 0 Å². The first-order chi connectivity index (χ1) is 7.24. The predicted octanol–water partition coefficient (Wildman–Crippen LogP) is 1.82. The van der Waals surface area contributed by atoms with Gasteiger partial charge in [0.05, 0.1) is 4.90 Å². The number of aryl methyl sites for hydroxylation is 2. The fraction of sp³-hybridized carbons (Fsp3) is 0.300. The van der Waals surface area contributed by atoms with Crippen LogP contribution in [0, 0.1) is 13.8 Å². The van der Waals surface area contributed by atoms with Crippen molar-refractivity contribution >= 4 is 27.4 Å². The van der Waals surface area contributed by atoms with E-state index >= 15 is 0 Å². The third-order valence-electron chi connectivity index (χ3n) is 2.10. The van der Waals surface area contributed by atoms with Crippen molar-refractivity contribution in [3.8, 4) is 0 Å². The summed E-state index contributed by atoms with van der Waals surface area (Å²) in [6.45, 7) is 3.25. The number of sulfone groups is 1. The van der Waals surface area contributed by atoms with Gasteiger partial charge in [-0.2, -0.15) is 0 Å². The van der Waals surface area contributed by atoms with Crippen LogP contribution in [0.25, 0.3) is 0 Å². The lowest BCUT2D eigenvalue weighted by molar-refractivity contribution is -0.134. The average molecular weight is 263 g/mol. The van der Waals surface area contributed by atoms with Crippen LogP contribution in [-0.2, 0) is 14.6 Å². The van der Waals surface area contributed by atoms with Gasteiger partial charge in [0.15, 0.2) is 15.6 Å². The quantitative estimate of drug-likeness (QED) is 0.902. The Morgan fingerprint density at radius 1 is 1.31 bits per heavy atom. The number of halogens is 1. The van der Waals surface area contributed by atoms with E-state index in [9.17, 15) is 13.2 Å². The van der Waals surface area contributed by atoms with Crippen molar-refractivity contribution in [3.63, 3.8) is 0 Å². The molecular weight excluding hydrogens is 252 g/mol. The van der Waals surface area contributed by atoms with E-state index in [1.54, 1.807) is 13.8 Å². The number of hydrogen-bond acceptors (Lipinski definition) is 3. The lowest BCUT2D eigenvalue weighted by Gasteiger charge is -2.08. The highest BCUT2D eigenvalue weighted by molar-refractivity contribution is 7.92. The van der Waals surface area contributed by atoms with Crippen LogP contribution >= 0.6 is 11.6 Å². The number of carboxylic acid groups (broad SMARTS) is 1. The molecule has 0 radical (unpaired) electrons. The Balaban J connectivity index is 3.34. The number of carboxylic acids is 1. The molecule has 16 heavy (non-hydrogen) atoms. The SMILES string of the molecule is Cc1cc(S(=O)(=O)CC(=O)O)c(C)cc1Cl. The molecule has 0 aliphatic rings. The molecule has 0 spiro atoms. The maximum atomic E-state index is 11.7. The second-order valence-electron chi connectivity index (χ2n) is 3.52. The maximum absolute atomic E-state index is 11.7. The summed E-state index contributed by atoms with van der Waals surface area (Å²) in [6.07, 6.45) is 0. The molecule has 0 bridgehead atoms. The Hall–Kier alpha value is -1.07. The van der Waals surface area contributed by atoms with Crippen molar-refractivity contribution in [3.05, 3.63) is 28.3 Å². The molecule has 0 unspecified atom stereocenters. The molecule has 1 aromatic carbocycles. The van der Waals surface area contributed by atoms with Crippen LogP contribution in [0.4, 0.5) is 0 Å². The Bertz CT molecular complexity index is 534. The highest BCUT2D eigenvalue weighted by Crippen LogP contribution is 2.24. The molecule has 6 heteroatoms. The largest absolute Gasteiger partial charge is 0.480 e. The fourth-order valence-electron chi connectivity index (χ4n) is 1.33. The molecular formula is C10H11ClO4S. The van der Waals surface area contributed by atoms with Gasteiger partial charge in [-0.15, -0.1) is 0 Å². The minimum atomic E-state index is -3.79. The lowest BCUT2D eigenvalue weighted by atomic mass is 10.2. The molecule has 0 saturated carbocycles. The Labute approximate surface area is 98.8 Å². The van der Waals surface area contributed by atoms with Gasteiger partial charge in [0, 0.05) is 5.02 Å². The van der Waals surface area contributed by atoms with Crippen LogP contribution in [0.3, 0.4) is 0 Å². The van der Waals surface area contributed by atoms with E-state index in [-0.39, 0.29) is 4.90 Å². The van der Waals surface area contributed by atoms with E-state index in [1.807, 2.05) is 0 Å². The predicted molar refractivity (Wildman–Crippen MR) is 60.6 cm³/mol. The summed E-state index contributed by atoms with van der Waals surface area (Å²) in [6, 6.07) is 2.92. The monoisotopic (exact) mass is 262 g/mol. The molecule has 0 atom stereocenters. The number of hydrogen-bond donors (Lipinski definition) is 1. The molecule has 0 amide bonds. The fourth-order valence-corrected chi connectivity index (χ4v) is 2.93. The third-order valence-corrected chi connectivity index (χ3v) is 4.25. The summed E-state index contributed by atoms with van der Waals surface area (Å²) in [5, 5.41) is 8.98. The topological polar surface area (TPSA) is 71.4 Å². The van der Waals surface area contributed by atoms with E-state index in [4.69, 9.17) is 16.7 Å². The van der Waals surface area contributed by atoms with Crippen LogP contribution < -0.4 is 0 Å². The molecule has 0 fully saturated rings.